The van der Waals surface area contributed by atoms with Gasteiger partial charge in [-0.05, 0) is 42.9 Å². The topological polar surface area (TPSA) is 49.4 Å². The molecule has 3 rings (SSSR count). The number of carbonyl (C=O) groups is 2. The van der Waals surface area contributed by atoms with E-state index < -0.39 is 0 Å². The van der Waals surface area contributed by atoms with Crippen molar-refractivity contribution in [3.05, 3.63) is 29.8 Å². The Bertz CT molecular complexity index is 533. The number of amides is 2. The Kier molecular flexibility index (Phi) is 4.76. The van der Waals surface area contributed by atoms with E-state index in [1.54, 1.807) is 0 Å². The molecule has 1 saturated heterocycles. The zero-order valence-electron chi connectivity index (χ0n) is 13.0. The lowest BCUT2D eigenvalue weighted by Gasteiger charge is -2.16. The van der Waals surface area contributed by atoms with Gasteiger partial charge in [-0.3, -0.25) is 9.59 Å². The van der Waals surface area contributed by atoms with Crippen molar-refractivity contribution in [2.45, 2.75) is 51.5 Å². The number of rotatable bonds is 5. The van der Waals surface area contributed by atoms with E-state index in [9.17, 15) is 9.59 Å². The van der Waals surface area contributed by atoms with Crippen molar-refractivity contribution < 1.29 is 9.59 Å². The number of anilines is 1. The third kappa shape index (κ3) is 3.67. The van der Waals surface area contributed by atoms with Gasteiger partial charge in [0, 0.05) is 31.6 Å². The van der Waals surface area contributed by atoms with Gasteiger partial charge in [-0.15, -0.1) is 0 Å². The predicted octanol–water partition coefficient (Wildman–Crippen LogP) is 3.01. The van der Waals surface area contributed by atoms with Crippen LogP contribution in [0.1, 0.15) is 50.5 Å². The largest absolute Gasteiger partial charge is 0.352 e. The van der Waals surface area contributed by atoms with E-state index in [0.29, 0.717) is 25.3 Å². The van der Waals surface area contributed by atoms with Crippen molar-refractivity contribution in [3.8, 4) is 0 Å². The summed E-state index contributed by atoms with van der Waals surface area (Å²) in [5.41, 5.74) is 2.04. The predicted molar refractivity (Wildman–Crippen MR) is 86.5 cm³/mol. The molecule has 4 nitrogen and oxygen atoms in total. The van der Waals surface area contributed by atoms with Gasteiger partial charge in [0.25, 0.3) is 0 Å². The summed E-state index contributed by atoms with van der Waals surface area (Å²) in [5, 5.41) is 3.00. The van der Waals surface area contributed by atoms with E-state index in [4.69, 9.17) is 0 Å². The number of carbonyl (C=O) groups excluding carboxylic acids is 2. The van der Waals surface area contributed by atoms with E-state index in [2.05, 4.69) is 5.32 Å². The van der Waals surface area contributed by atoms with Crippen molar-refractivity contribution in [2.75, 3.05) is 11.4 Å². The Morgan fingerprint density at radius 2 is 1.86 bits per heavy atom. The van der Waals surface area contributed by atoms with Crippen LogP contribution < -0.4 is 10.2 Å². The van der Waals surface area contributed by atoms with Gasteiger partial charge in [0.15, 0.2) is 0 Å². The van der Waals surface area contributed by atoms with Gasteiger partial charge in [-0.2, -0.15) is 0 Å². The van der Waals surface area contributed by atoms with Crippen LogP contribution in [0.3, 0.4) is 0 Å². The van der Waals surface area contributed by atoms with Crippen LogP contribution in [-0.2, 0) is 16.1 Å². The molecule has 4 heteroatoms. The minimum Gasteiger partial charge on any atom is -0.352 e. The maximum absolute atomic E-state index is 11.9. The second-order valence-electron chi connectivity index (χ2n) is 6.45. The van der Waals surface area contributed by atoms with E-state index in [1.807, 2.05) is 29.2 Å². The van der Waals surface area contributed by atoms with Crippen molar-refractivity contribution in [1.29, 1.82) is 0 Å². The summed E-state index contributed by atoms with van der Waals surface area (Å²) >= 11 is 0. The minimum atomic E-state index is 0.158. The lowest BCUT2D eigenvalue weighted by molar-refractivity contribution is -0.122. The lowest BCUT2D eigenvalue weighted by atomic mass is 10.0. The standard InChI is InChI=1S/C18H24N2O2/c21-17(12-14-4-1-2-5-14)19-13-15-7-9-16(10-8-15)20-11-3-6-18(20)22/h7-10,14H,1-6,11-13H2,(H,19,21). The Balaban J connectivity index is 1.48. The molecule has 0 spiro atoms. The summed E-state index contributed by atoms with van der Waals surface area (Å²) in [6.45, 7) is 1.39. The van der Waals surface area contributed by atoms with Crippen LogP contribution in [0.4, 0.5) is 5.69 Å². The van der Waals surface area contributed by atoms with Crippen LogP contribution in [0.15, 0.2) is 24.3 Å². The highest BCUT2D eigenvalue weighted by Gasteiger charge is 2.21. The Morgan fingerprint density at radius 1 is 1.14 bits per heavy atom. The summed E-state index contributed by atoms with van der Waals surface area (Å²) in [6, 6.07) is 7.94. The molecule has 1 aromatic carbocycles. The molecule has 1 heterocycles. The minimum absolute atomic E-state index is 0.158. The van der Waals surface area contributed by atoms with E-state index in [-0.39, 0.29) is 11.8 Å². The molecular weight excluding hydrogens is 276 g/mol. The Hall–Kier alpha value is -1.84. The Labute approximate surface area is 131 Å². The quantitative estimate of drug-likeness (QED) is 0.908. The van der Waals surface area contributed by atoms with Crippen LogP contribution in [-0.4, -0.2) is 18.4 Å². The van der Waals surface area contributed by atoms with Crippen molar-refractivity contribution >= 4 is 17.5 Å². The van der Waals surface area contributed by atoms with Crippen LogP contribution in [0.25, 0.3) is 0 Å². The van der Waals surface area contributed by atoms with E-state index in [0.717, 1.165) is 24.2 Å². The number of hydrogen-bond acceptors (Lipinski definition) is 2. The maximum Gasteiger partial charge on any atom is 0.227 e. The van der Waals surface area contributed by atoms with Gasteiger partial charge in [0.05, 0.1) is 0 Å². The van der Waals surface area contributed by atoms with Gasteiger partial charge in [0.1, 0.15) is 0 Å². The molecule has 0 unspecified atom stereocenters. The van der Waals surface area contributed by atoms with Crippen LogP contribution >= 0.6 is 0 Å². The molecule has 1 N–H and O–H groups in total. The fourth-order valence-electron chi connectivity index (χ4n) is 3.46. The normalized spacial score (nSPS) is 18.9. The van der Waals surface area contributed by atoms with Gasteiger partial charge < -0.3 is 10.2 Å². The first-order valence-electron chi connectivity index (χ1n) is 8.38. The molecule has 1 aromatic rings. The molecule has 2 amide bonds. The average molecular weight is 300 g/mol. The van der Waals surface area contributed by atoms with Gasteiger partial charge in [-0.1, -0.05) is 25.0 Å². The van der Waals surface area contributed by atoms with Crippen molar-refractivity contribution in [3.63, 3.8) is 0 Å². The highest BCUT2D eigenvalue weighted by Crippen LogP contribution is 2.27. The molecule has 1 aliphatic heterocycles. The molecule has 2 fully saturated rings. The molecule has 118 valence electrons. The average Bonchev–Trinajstić information content (AvgIpc) is 3.17. The highest BCUT2D eigenvalue weighted by atomic mass is 16.2. The Morgan fingerprint density at radius 3 is 2.50 bits per heavy atom. The molecule has 1 aliphatic carbocycles. The van der Waals surface area contributed by atoms with Gasteiger partial charge in [-0.25, -0.2) is 0 Å². The molecular formula is C18H24N2O2. The summed E-state index contributed by atoms with van der Waals surface area (Å²) in [5.74, 6) is 0.951. The van der Waals surface area contributed by atoms with Crippen LogP contribution in [0.5, 0.6) is 0 Å². The molecule has 22 heavy (non-hydrogen) atoms. The summed E-state index contributed by atoms with van der Waals surface area (Å²) < 4.78 is 0. The first-order chi connectivity index (χ1) is 10.7. The third-order valence-corrected chi connectivity index (χ3v) is 4.76. The molecule has 0 radical (unpaired) electrons. The fraction of sp³-hybridized carbons (Fsp3) is 0.556. The number of benzene rings is 1. The zero-order chi connectivity index (χ0) is 15.4. The molecule has 0 aromatic heterocycles. The second-order valence-corrected chi connectivity index (χ2v) is 6.45. The molecule has 2 aliphatic rings. The van der Waals surface area contributed by atoms with Crippen LogP contribution in [0, 0.1) is 5.92 Å². The van der Waals surface area contributed by atoms with Crippen molar-refractivity contribution in [2.24, 2.45) is 5.92 Å². The first kappa shape index (κ1) is 15.1. The number of nitrogens with one attached hydrogen (secondary N) is 1. The highest BCUT2D eigenvalue weighted by molar-refractivity contribution is 5.95. The number of hydrogen-bond donors (Lipinski definition) is 1. The smallest absolute Gasteiger partial charge is 0.227 e. The third-order valence-electron chi connectivity index (χ3n) is 4.76. The summed E-state index contributed by atoms with van der Waals surface area (Å²) in [7, 11) is 0. The lowest BCUT2D eigenvalue weighted by Crippen LogP contribution is -2.25. The van der Waals surface area contributed by atoms with Gasteiger partial charge >= 0.3 is 0 Å². The zero-order valence-corrected chi connectivity index (χ0v) is 13.0. The van der Waals surface area contributed by atoms with Gasteiger partial charge in [0.2, 0.25) is 11.8 Å². The molecule has 0 bridgehead atoms. The first-order valence-corrected chi connectivity index (χ1v) is 8.38. The summed E-state index contributed by atoms with van der Waals surface area (Å²) in [4.78, 5) is 25.5. The fourth-order valence-corrected chi connectivity index (χ4v) is 3.46. The SMILES string of the molecule is O=C(CC1CCCC1)NCc1ccc(N2CCCC2=O)cc1. The summed E-state index contributed by atoms with van der Waals surface area (Å²) in [6.07, 6.45) is 7.21. The van der Waals surface area contributed by atoms with Crippen LogP contribution in [0.2, 0.25) is 0 Å². The monoisotopic (exact) mass is 300 g/mol. The van der Waals surface area contributed by atoms with E-state index in [1.165, 1.54) is 25.7 Å². The molecule has 1 saturated carbocycles. The maximum atomic E-state index is 11.9. The molecule has 0 atom stereocenters. The second kappa shape index (κ2) is 6.95. The van der Waals surface area contributed by atoms with Crippen molar-refractivity contribution in [1.82, 2.24) is 5.32 Å². The van der Waals surface area contributed by atoms with E-state index >= 15 is 0 Å². The number of nitrogens with zero attached hydrogens (tertiary/aromatic N) is 1.